The second-order valence-corrected chi connectivity index (χ2v) is 9.77. The van der Waals surface area contributed by atoms with Crippen LogP contribution in [0.25, 0.3) is 0 Å². The molecule has 0 atom stereocenters. The molecule has 220 valence electrons. The van der Waals surface area contributed by atoms with Crippen molar-refractivity contribution in [2.45, 2.75) is 110 Å². The molecule has 0 spiro atoms. The summed E-state index contributed by atoms with van der Waals surface area (Å²) in [6.07, 6.45) is 34.3. The van der Waals surface area contributed by atoms with Crippen molar-refractivity contribution in [2.24, 2.45) is 0 Å². The molecule has 0 saturated carbocycles. The lowest BCUT2D eigenvalue weighted by molar-refractivity contribution is -0.134. The lowest BCUT2D eigenvalue weighted by Gasteiger charge is -2.11. The van der Waals surface area contributed by atoms with E-state index in [1.807, 2.05) is 0 Å². The molecule has 0 fully saturated rings. The van der Waals surface area contributed by atoms with Crippen LogP contribution >= 0.6 is 0 Å². The highest BCUT2D eigenvalue weighted by atomic mass is 16.5. The average molecular weight is 550 g/mol. The van der Waals surface area contributed by atoms with Gasteiger partial charge in [0.1, 0.15) is 5.75 Å². The molecule has 5 heteroatoms. The first-order valence-electron chi connectivity index (χ1n) is 15.1. The lowest BCUT2D eigenvalue weighted by atomic mass is 10.1. The number of unbranched alkanes of at least 4 members (excludes halogenated alkanes) is 5. The third-order valence-electron chi connectivity index (χ3n) is 6.16. The molecule has 2 N–H and O–H groups in total. The predicted molar refractivity (Wildman–Crippen MR) is 168 cm³/mol. The minimum absolute atomic E-state index is 0.0759. The number of benzene rings is 1. The van der Waals surface area contributed by atoms with E-state index in [1.165, 1.54) is 6.42 Å². The summed E-state index contributed by atoms with van der Waals surface area (Å²) in [5, 5.41) is 12.6. The fraction of sp³-hybridized carbons (Fsp3) is 0.486. The van der Waals surface area contributed by atoms with Gasteiger partial charge in [0.15, 0.2) is 0 Å². The first-order chi connectivity index (χ1) is 19.6. The van der Waals surface area contributed by atoms with E-state index in [0.717, 1.165) is 70.6 Å². The Morgan fingerprint density at radius 3 is 1.95 bits per heavy atom. The maximum Gasteiger partial charge on any atom is 0.311 e. The van der Waals surface area contributed by atoms with Gasteiger partial charge in [-0.15, -0.1) is 0 Å². The average Bonchev–Trinajstić information content (AvgIpc) is 2.95. The highest BCUT2D eigenvalue weighted by molar-refractivity contribution is 5.91. The smallest absolute Gasteiger partial charge is 0.311 e. The number of amides is 1. The van der Waals surface area contributed by atoms with E-state index in [9.17, 15) is 14.7 Å². The molecule has 5 nitrogen and oxygen atoms in total. The van der Waals surface area contributed by atoms with Crippen LogP contribution in [0, 0.1) is 0 Å². The Balaban J connectivity index is 2.23. The van der Waals surface area contributed by atoms with Gasteiger partial charge in [-0.2, -0.15) is 0 Å². The summed E-state index contributed by atoms with van der Waals surface area (Å²) in [6.45, 7) is 4.03. The number of hydrogen-bond acceptors (Lipinski definition) is 4. The number of ether oxygens (including phenoxy) is 1. The number of esters is 1. The van der Waals surface area contributed by atoms with Gasteiger partial charge in [-0.25, -0.2) is 0 Å². The molecule has 0 bridgehead atoms. The third kappa shape index (κ3) is 19.0. The van der Waals surface area contributed by atoms with Crippen LogP contribution in [0.1, 0.15) is 109 Å². The second-order valence-electron chi connectivity index (χ2n) is 9.77. The van der Waals surface area contributed by atoms with E-state index in [-0.39, 0.29) is 18.5 Å². The highest BCUT2D eigenvalue weighted by Gasteiger charge is 2.11. The quantitative estimate of drug-likeness (QED) is 0.0654. The van der Waals surface area contributed by atoms with Gasteiger partial charge in [-0.05, 0) is 69.6 Å². The second kappa shape index (κ2) is 24.8. The van der Waals surface area contributed by atoms with Crippen molar-refractivity contribution in [3.8, 4) is 5.75 Å². The first kappa shape index (κ1) is 34.8. The standard InChI is InChI=1S/C35H51NO4/c1-3-5-7-9-10-11-12-13-14-15-16-17-18-19-20-22-23-25-34(38)36-32-27-28-33(31(29-32)30-37)40-35(39)26-24-21-8-6-4-2/h5,7,10-11,13-14,16-17,19-20,27-29,37H,3-4,6,8-9,12,15,18,21-26,30H2,1-2H3,(H,36,38)/b7-5-,11-10-,14-13-,17-16-,20-19-. The number of aliphatic hydroxyl groups excluding tert-OH is 1. The molecule has 0 unspecified atom stereocenters. The summed E-state index contributed by atoms with van der Waals surface area (Å²) in [6, 6.07) is 4.99. The SMILES string of the molecule is CC/C=C\C/C=C\C/C=C\C/C=C\C/C=C\CCCC(=O)Nc1ccc(OC(=O)CCCCCCC)c(CO)c1. The first-order valence-corrected chi connectivity index (χ1v) is 15.1. The van der Waals surface area contributed by atoms with Crippen LogP contribution in [0.4, 0.5) is 5.69 Å². The van der Waals surface area contributed by atoms with Gasteiger partial charge < -0.3 is 15.2 Å². The maximum atomic E-state index is 12.3. The molecule has 1 amide bonds. The van der Waals surface area contributed by atoms with Gasteiger partial charge >= 0.3 is 5.97 Å². The van der Waals surface area contributed by atoms with Gasteiger partial charge in [0.25, 0.3) is 0 Å². The largest absolute Gasteiger partial charge is 0.426 e. The molecular formula is C35H51NO4. The normalized spacial score (nSPS) is 12.1. The van der Waals surface area contributed by atoms with Gasteiger partial charge in [0.2, 0.25) is 5.91 Å². The summed E-state index contributed by atoms with van der Waals surface area (Å²) < 4.78 is 5.44. The molecule has 0 radical (unpaired) electrons. The highest BCUT2D eigenvalue weighted by Crippen LogP contribution is 2.24. The van der Waals surface area contributed by atoms with Gasteiger partial charge in [0, 0.05) is 24.1 Å². The number of hydrogen-bond donors (Lipinski definition) is 2. The van der Waals surface area contributed by atoms with Crippen molar-refractivity contribution in [1.29, 1.82) is 0 Å². The predicted octanol–water partition coefficient (Wildman–Crippen LogP) is 9.30. The molecule has 0 aromatic heterocycles. The summed E-state index contributed by atoms with van der Waals surface area (Å²) >= 11 is 0. The molecule has 1 aromatic rings. The lowest BCUT2D eigenvalue weighted by Crippen LogP contribution is -2.12. The van der Waals surface area contributed by atoms with E-state index < -0.39 is 0 Å². The third-order valence-corrected chi connectivity index (χ3v) is 6.16. The van der Waals surface area contributed by atoms with E-state index in [1.54, 1.807) is 18.2 Å². The zero-order chi connectivity index (χ0) is 29.1. The van der Waals surface area contributed by atoms with Crippen molar-refractivity contribution < 1.29 is 19.4 Å². The Labute approximate surface area is 242 Å². The van der Waals surface area contributed by atoms with Crippen molar-refractivity contribution >= 4 is 17.6 Å². The number of allylic oxidation sites excluding steroid dienone is 10. The molecule has 1 rings (SSSR count). The number of nitrogens with one attached hydrogen (secondary N) is 1. The number of carbonyl (C=O) groups excluding carboxylic acids is 2. The Morgan fingerprint density at radius 2 is 1.35 bits per heavy atom. The van der Waals surface area contributed by atoms with Crippen molar-refractivity contribution in [3.63, 3.8) is 0 Å². The van der Waals surface area contributed by atoms with Gasteiger partial charge in [-0.1, -0.05) is 100 Å². The van der Waals surface area contributed by atoms with Crippen molar-refractivity contribution in [3.05, 3.63) is 84.5 Å². The van der Waals surface area contributed by atoms with Crippen LogP contribution in [-0.4, -0.2) is 17.0 Å². The molecule has 0 saturated heterocycles. The van der Waals surface area contributed by atoms with E-state index in [0.29, 0.717) is 29.8 Å². The summed E-state index contributed by atoms with van der Waals surface area (Å²) in [4.78, 5) is 24.4. The van der Waals surface area contributed by atoms with Gasteiger partial charge in [-0.3, -0.25) is 9.59 Å². The molecule has 0 aliphatic heterocycles. The number of carbonyl (C=O) groups is 2. The Kier molecular flexibility index (Phi) is 21.6. The minimum Gasteiger partial charge on any atom is -0.426 e. The van der Waals surface area contributed by atoms with Crippen molar-refractivity contribution in [2.75, 3.05) is 5.32 Å². The maximum absolute atomic E-state index is 12.3. The number of rotatable bonds is 22. The van der Waals surface area contributed by atoms with Crippen LogP contribution < -0.4 is 10.1 Å². The number of aliphatic hydroxyl groups is 1. The topological polar surface area (TPSA) is 75.6 Å². The van der Waals surface area contributed by atoms with Crippen LogP contribution in [0.5, 0.6) is 5.75 Å². The van der Waals surface area contributed by atoms with E-state index in [2.05, 4.69) is 79.9 Å². The van der Waals surface area contributed by atoms with Crippen LogP contribution in [0.2, 0.25) is 0 Å². The minimum atomic E-state index is -0.293. The van der Waals surface area contributed by atoms with E-state index in [4.69, 9.17) is 4.74 Å². The Hall–Kier alpha value is -3.18. The van der Waals surface area contributed by atoms with Crippen LogP contribution in [-0.2, 0) is 16.2 Å². The number of anilines is 1. The molecular weight excluding hydrogens is 498 g/mol. The van der Waals surface area contributed by atoms with Crippen LogP contribution in [0.3, 0.4) is 0 Å². The Bertz CT molecular complexity index is 972. The molecule has 1 aromatic carbocycles. The summed E-state index contributed by atoms with van der Waals surface area (Å²) in [7, 11) is 0. The monoisotopic (exact) mass is 549 g/mol. The van der Waals surface area contributed by atoms with Crippen molar-refractivity contribution in [1.82, 2.24) is 0 Å². The summed E-state index contributed by atoms with van der Waals surface area (Å²) in [5.74, 6) is -0.0245. The fourth-order valence-corrected chi connectivity index (χ4v) is 3.90. The van der Waals surface area contributed by atoms with Crippen LogP contribution in [0.15, 0.2) is 79.0 Å². The fourth-order valence-electron chi connectivity index (χ4n) is 3.90. The molecule has 0 aliphatic rings. The zero-order valence-electron chi connectivity index (χ0n) is 24.8. The summed E-state index contributed by atoms with van der Waals surface area (Å²) in [5.41, 5.74) is 1.07. The van der Waals surface area contributed by atoms with E-state index >= 15 is 0 Å². The van der Waals surface area contributed by atoms with Gasteiger partial charge in [0.05, 0.1) is 6.61 Å². The molecule has 0 heterocycles. The zero-order valence-corrected chi connectivity index (χ0v) is 24.8. The molecule has 40 heavy (non-hydrogen) atoms. The Morgan fingerprint density at radius 1 is 0.750 bits per heavy atom. The molecule has 0 aliphatic carbocycles.